The van der Waals surface area contributed by atoms with Crippen LogP contribution in [0.1, 0.15) is 29.7 Å². The number of carbonyl (C=O) groups is 1. The number of hydrogen-bond acceptors (Lipinski definition) is 4. The summed E-state index contributed by atoms with van der Waals surface area (Å²) in [4.78, 5) is 19.0. The fraction of sp³-hybridized carbons (Fsp3) is 0.263. The number of thiocarbonyl (C=S) groups is 1. The molecule has 0 aliphatic carbocycles. The molecule has 1 fully saturated rings. The van der Waals surface area contributed by atoms with Crippen LogP contribution in [0, 0.1) is 18.3 Å². The van der Waals surface area contributed by atoms with E-state index in [2.05, 4.69) is 4.98 Å². The highest BCUT2D eigenvalue weighted by Crippen LogP contribution is 2.34. The molecule has 1 aromatic heterocycles. The average Bonchev–Trinajstić information content (AvgIpc) is 2.79. The number of benzene rings is 1. The lowest BCUT2D eigenvalue weighted by atomic mass is 10.1. The Morgan fingerprint density at radius 2 is 1.89 bits per heavy atom. The Kier molecular flexibility index (Phi) is 5.34. The quantitative estimate of drug-likeness (QED) is 0.702. The molecule has 0 unspecified atom stereocenters. The van der Waals surface area contributed by atoms with Gasteiger partial charge in [-0.1, -0.05) is 17.7 Å². The molecule has 0 N–H and O–H groups in total. The average molecular weight is 404 g/mol. The van der Waals surface area contributed by atoms with Gasteiger partial charge in [-0.05, 0) is 43.8 Å². The van der Waals surface area contributed by atoms with Gasteiger partial charge < -0.3 is 4.90 Å². The van der Waals surface area contributed by atoms with Crippen molar-refractivity contribution in [2.45, 2.75) is 25.9 Å². The zero-order valence-corrected chi connectivity index (χ0v) is 15.6. The predicted octanol–water partition coefficient (Wildman–Crippen LogP) is 4.20. The maximum atomic E-state index is 13.3. The van der Waals surface area contributed by atoms with Crippen LogP contribution in [-0.4, -0.2) is 22.5 Å². The van der Waals surface area contributed by atoms with Gasteiger partial charge in [0.1, 0.15) is 6.07 Å². The molecule has 0 saturated carbocycles. The molecule has 0 spiro atoms. The summed E-state index contributed by atoms with van der Waals surface area (Å²) in [5.74, 6) is -0.417. The number of alkyl halides is 3. The van der Waals surface area contributed by atoms with Crippen molar-refractivity contribution in [3.8, 4) is 6.07 Å². The third kappa shape index (κ3) is 3.82. The van der Waals surface area contributed by atoms with E-state index >= 15 is 0 Å². The summed E-state index contributed by atoms with van der Waals surface area (Å²) >= 11 is 5.46. The molecule has 2 aromatic rings. The third-order valence-electron chi connectivity index (χ3n) is 4.33. The Balaban J connectivity index is 2.06. The highest BCUT2D eigenvalue weighted by molar-refractivity contribution is 7.81. The minimum atomic E-state index is -4.78. The van der Waals surface area contributed by atoms with Crippen molar-refractivity contribution in [2.75, 3.05) is 16.3 Å². The number of aromatic nitrogens is 1. The Labute approximate surface area is 165 Å². The van der Waals surface area contributed by atoms with Crippen molar-refractivity contribution in [1.82, 2.24) is 4.98 Å². The Morgan fingerprint density at radius 3 is 2.50 bits per heavy atom. The molecule has 5 nitrogen and oxygen atoms in total. The van der Waals surface area contributed by atoms with Gasteiger partial charge in [0.15, 0.2) is 10.8 Å². The lowest BCUT2D eigenvalue weighted by Crippen LogP contribution is -2.44. The van der Waals surface area contributed by atoms with Crippen molar-refractivity contribution in [3.63, 3.8) is 0 Å². The van der Waals surface area contributed by atoms with E-state index in [1.807, 2.05) is 31.2 Å². The smallest absolute Gasteiger partial charge is 0.318 e. The van der Waals surface area contributed by atoms with Gasteiger partial charge in [-0.2, -0.15) is 18.4 Å². The number of aryl methyl sites for hydroxylation is 1. The maximum absolute atomic E-state index is 13.3. The number of nitrogens with zero attached hydrogens (tertiary/aromatic N) is 4. The van der Waals surface area contributed by atoms with Gasteiger partial charge in [-0.25, -0.2) is 4.98 Å². The minimum Gasteiger partial charge on any atom is -0.318 e. The first kappa shape index (κ1) is 19.8. The number of rotatable bonds is 2. The molecule has 28 heavy (non-hydrogen) atoms. The fourth-order valence-corrected chi connectivity index (χ4v) is 3.33. The van der Waals surface area contributed by atoms with E-state index in [0.717, 1.165) is 28.4 Å². The summed E-state index contributed by atoms with van der Waals surface area (Å²) in [6, 6.07) is 9.63. The van der Waals surface area contributed by atoms with Crippen LogP contribution in [-0.2, 0) is 11.0 Å². The number of hydrogen-bond donors (Lipinski definition) is 0. The molecule has 9 heteroatoms. The summed E-state index contributed by atoms with van der Waals surface area (Å²) in [7, 11) is 0. The van der Waals surface area contributed by atoms with E-state index in [-0.39, 0.29) is 17.2 Å². The first-order valence-electron chi connectivity index (χ1n) is 8.41. The first-order valence-corrected chi connectivity index (χ1v) is 8.81. The van der Waals surface area contributed by atoms with Crippen LogP contribution >= 0.6 is 12.2 Å². The zero-order chi connectivity index (χ0) is 20.5. The lowest BCUT2D eigenvalue weighted by Gasteiger charge is -2.30. The Bertz CT molecular complexity index is 967. The van der Waals surface area contributed by atoms with Gasteiger partial charge in [0.25, 0.3) is 0 Å². The van der Waals surface area contributed by atoms with Crippen LogP contribution in [0.3, 0.4) is 0 Å². The largest absolute Gasteiger partial charge is 0.419 e. The van der Waals surface area contributed by atoms with Gasteiger partial charge in [0.05, 0.1) is 17.4 Å². The van der Waals surface area contributed by atoms with E-state index in [1.165, 1.54) is 6.07 Å². The maximum Gasteiger partial charge on any atom is 0.419 e. The summed E-state index contributed by atoms with van der Waals surface area (Å²) in [6.45, 7) is 2.39. The highest BCUT2D eigenvalue weighted by atomic mass is 32.1. The van der Waals surface area contributed by atoms with Crippen molar-refractivity contribution in [1.29, 1.82) is 5.26 Å². The number of anilines is 2. The van der Waals surface area contributed by atoms with Gasteiger partial charge in [-0.15, -0.1) is 0 Å². The molecule has 1 aromatic carbocycles. The van der Waals surface area contributed by atoms with E-state index in [1.54, 1.807) is 4.90 Å². The molecule has 2 heterocycles. The molecule has 0 bridgehead atoms. The summed E-state index contributed by atoms with van der Waals surface area (Å²) < 4.78 is 39.9. The van der Waals surface area contributed by atoms with Crippen molar-refractivity contribution in [2.24, 2.45) is 0 Å². The van der Waals surface area contributed by atoms with Gasteiger partial charge >= 0.3 is 6.18 Å². The zero-order valence-electron chi connectivity index (χ0n) is 14.8. The molecule has 0 radical (unpaired) electrons. The second-order valence-corrected chi connectivity index (χ2v) is 6.67. The van der Waals surface area contributed by atoms with Gasteiger partial charge in [-0.3, -0.25) is 9.69 Å². The predicted molar refractivity (Wildman–Crippen MR) is 102 cm³/mol. The Morgan fingerprint density at radius 1 is 1.21 bits per heavy atom. The first-order chi connectivity index (χ1) is 13.2. The number of halogens is 3. The number of nitriles is 1. The van der Waals surface area contributed by atoms with E-state index < -0.39 is 23.3 Å². The van der Waals surface area contributed by atoms with E-state index in [0.29, 0.717) is 13.0 Å². The van der Waals surface area contributed by atoms with Gasteiger partial charge in [0, 0.05) is 18.7 Å². The summed E-state index contributed by atoms with van der Waals surface area (Å²) in [5.41, 5.74) is -0.272. The molecule has 3 rings (SSSR count). The minimum absolute atomic E-state index is 0.0750. The Hall–Kier alpha value is -2.99. The fourth-order valence-electron chi connectivity index (χ4n) is 2.92. The van der Waals surface area contributed by atoms with Gasteiger partial charge in [0.2, 0.25) is 5.91 Å². The van der Waals surface area contributed by atoms with Crippen LogP contribution in [0.25, 0.3) is 0 Å². The third-order valence-corrected chi connectivity index (χ3v) is 4.74. The van der Waals surface area contributed by atoms with E-state index in [9.17, 15) is 18.0 Å². The SMILES string of the molecule is Cc1ccc(N2CCCC(=O)N(c3cnc(C#N)c(C(F)(F)F)c3)C2=S)cc1. The van der Waals surface area contributed by atoms with Crippen LogP contribution in [0.15, 0.2) is 36.5 Å². The lowest BCUT2D eigenvalue weighted by molar-refractivity contribution is -0.138. The molecule has 1 amide bonds. The molecule has 1 aliphatic heterocycles. The number of carbonyl (C=O) groups excluding carboxylic acids is 1. The number of pyridine rings is 1. The highest BCUT2D eigenvalue weighted by Gasteiger charge is 2.37. The van der Waals surface area contributed by atoms with Crippen LogP contribution in [0.2, 0.25) is 0 Å². The number of amides is 1. The second-order valence-electron chi connectivity index (χ2n) is 6.30. The standard InChI is InChI=1S/C19H15F3N4OS/c1-12-4-6-13(7-5-12)25-8-2-3-17(27)26(18(25)28)14-9-15(19(20,21)22)16(10-23)24-11-14/h4-7,9,11H,2-3,8H2,1H3. The molecule has 1 aliphatic rings. The van der Waals surface area contributed by atoms with E-state index in [4.69, 9.17) is 17.5 Å². The molecule has 144 valence electrons. The summed E-state index contributed by atoms with van der Waals surface area (Å²) in [6.07, 6.45) is -3.08. The van der Waals surface area contributed by atoms with Crippen molar-refractivity contribution >= 4 is 34.6 Å². The molecular formula is C19H15F3N4OS. The monoisotopic (exact) mass is 404 g/mol. The normalized spacial score (nSPS) is 15.4. The van der Waals surface area contributed by atoms with Crippen LogP contribution < -0.4 is 9.80 Å². The molecule has 1 saturated heterocycles. The topological polar surface area (TPSA) is 60.2 Å². The molecule has 0 atom stereocenters. The second kappa shape index (κ2) is 7.56. The van der Waals surface area contributed by atoms with Crippen LogP contribution in [0.4, 0.5) is 24.5 Å². The van der Waals surface area contributed by atoms with Crippen LogP contribution in [0.5, 0.6) is 0 Å². The van der Waals surface area contributed by atoms with Crippen molar-refractivity contribution < 1.29 is 18.0 Å². The summed E-state index contributed by atoms with van der Waals surface area (Å²) in [5, 5.41) is 8.99. The molecular weight excluding hydrogens is 389 g/mol. The van der Waals surface area contributed by atoms with Crippen molar-refractivity contribution in [3.05, 3.63) is 53.3 Å².